The van der Waals surface area contributed by atoms with Gasteiger partial charge in [-0.05, 0) is 78.2 Å². The Balaban J connectivity index is 1.74. The topological polar surface area (TPSA) is 33.3 Å². The van der Waals surface area contributed by atoms with Crippen molar-refractivity contribution in [2.24, 2.45) is 0 Å². The Morgan fingerprint density at radius 1 is 1.08 bits per heavy atom. The minimum absolute atomic E-state index is 0.157. The summed E-state index contributed by atoms with van der Waals surface area (Å²) in [6.45, 7) is 0. The summed E-state index contributed by atoms with van der Waals surface area (Å²) < 4.78 is 6.80. The van der Waals surface area contributed by atoms with Crippen molar-refractivity contribution in [3.63, 3.8) is 0 Å². The van der Waals surface area contributed by atoms with Gasteiger partial charge >= 0.3 is 0 Å². The van der Waals surface area contributed by atoms with E-state index in [0.29, 0.717) is 0 Å². The molecule has 1 aromatic rings. The van der Waals surface area contributed by atoms with Gasteiger partial charge in [0.1, 0.15) is 5.75 Å². The summed E-state index contributed by atoms with van der Waals surface area (Å²) in [6, 6.07) is 8.49. The van der Waals surface area contributed by atoms with Crippen molar-refractivity contribution in [2.45, 2.75) is 31.7 Å². The molecule has 2 heterocycles. The third-order valence-electron chi connectivity index (χ3n) is 4.81. The second kappa shape index (κ2) is 7.64. The molecule has 25 heavy (non-hydrogen) atoms. The lowest BCUT2D eigenvalue weighted by atomic mass is 9.84. The van der Waals surface area contributed by atoms with E-state index in [0.717, 1.165) is 23.7 Å². The van der Waals surface area contributed by atoms with Crippen LogP contribution >= 0.6 is 35.7 Å². The summed E-state index contributed by atoms with van der Waals surface area (Å²) >= 11 is 9.57. The number of allylic oxidation sites excluding steroid dienone is 1. The molecule has 2 aliphatic heterocycles. The molecular formula is C19H22N2OS3. The van der Waals surface area contributed by atoms with Gasteiger partial charge in [0.25, 0.3) is 0 Å². The van der Waals surface area contributed by atoms with Gasteiger partial charge in [0.2, 0.25) is 0 Å². The molecular weight excluding hydrogens is 368 g/mol. The Morgan fingerprint density at radius 3 is 2.56 bits per heavy atom. The SMILES string of the molecule is COc1ccc(C2NC(=S)NC3=C2CCCC3=C2SCCCS2)cc1. The Bertz CT molecular complexity index is 732. The molecule has 0 aromatic heterocycles. The number of thiocarbonyl (C=S) groups is 1. The highest BCUT2D eigenvalue weighted by Gasteiger charge is 2.32. The summed E-state index contributed by atoms with van der Waals surface area (Å²) in [5.41, 5.74) is 5.46. The van der Waals surface area contributed by atoms with Crippen LogP contribution in [0.4, 0.5) is 0 Å². The van der Waals surface area contributed by atoms with Crippen LogP contribution in [-0.2, 0) is 0 Å². The van der Waals surface area contributed by atoms with Crippen LogP contribution in [0.25, 0.3) is 0 Å². The monoisotopic (exact) mass is 390 g/mol. The fraction of sp³-hybridized carbons (Fsp3) is 0.421. The summed E-state index contributed by atoms with van der Waals surface area (Å²) in [7, 11) is 1.70. The smallest absolute Gasteiger partial charge is 0.171 e. The van der Waals surface area contributed by atoms with Crippen LogP contribution in [0.2, 0.25) is 0 Å². The maximum Gasteiger partial charge on any atom is 0.171 e. The molecule has 1 saturated heterocycles. The molecule has 6 heteroatoms. The van der Waals surface area contributed by atoms with E-state index in [1.165, 1.54) is 51.0 Å². The lowest BCUT2D eigenvalue weighted by Gasteiger charge is -2.37. The van der Waals surface area contributed by atoms with Crippen LogP contribution in [0.3, 0.4) is 0 Å². The molecule has 0 saturated carbocycles. The first-order valence-corrected chi connectivity index (χ1v) is 11.1. The largest absolute Gasteiger partial charge is 0.497 e. The van der Waals surface area contributed by atoms with Gasteiger partial charge in [0.15, 0.2) is 5.11 Å². The molecule has 0 spiro atoms. The minimum atomic E-state index is 0.157. The first kappa shape index (κ1) is 17.3. The number of nitrogens with one attached hydrogen (secondary N) is 2. The zero-order chi connectivity index (χ0) is 17.2. The fourth-order valence-electron chi connectivity index (χ4n) is 3.60. The normalized spacial score (nSPS) is 23.7. The molecule has 1 aliphatic carbocycles. The lowest BCUT2D eigenvalue weighted by molar-refractivity contribution is 0.414. The molecule has 3 aliphatic rings. The molecule has 1 unspecified atom stereocenters. The molecule has 2 N–H and O–H groups in total. The fourth-order valence-corrected chi connectivity index (χ4v) is 6.54. The van der Waals surface area contributed by atoms with E-state index in [-0.39, 0.29) is 6.04 Å². The average Bonchev–Trinajstić information content (AvgIpc) is 2.67. The number of ether oxygens (including phenoxy) is 1. The molecule has 1 atom stereocenters. The van der Waals surface area contributed by atoms with E-state index in [1.54, 1.807) is 7.11 Å². The number of benzene rings is 1. The summed E-state index contributed by atoms with van der Waals surface area (Å²) in [5, 5.41) is 7.68. The Morgan fingerprint density at radius 2 is 1.84 bits per heavy atom. The van der Waals surface area contributed by atoms with Crippen molar-refractivity contribution in [3.8, 4) is 5.75 Å². The highest BCUT2D eigenvalue weighted by molar-refractivity contribution is 8.22. The molecule has 4 rings (SSSR count). The predicted molar refractivity (Wildman–Crippen MR) is 112 cm³/mol. The van der Waals surface area contributed by atoms with Gasteiger partial charge in [-0.2, -0.15) is 0 Å². The van der Waals surface area contributed by atoms with Crippen molar-refractivity contribution < 1.29 is 4.74 Å². The number of methoxy groups -OCH3 is 1. The van der Waals surface area contributed by atoms with Crippen LogP contribution < -0.4 is 15.4 Å². The van der Waals surface area contributed by atoms with Crippen LogP contribution in [0, 0.1) is 0 Å². The highest BCUT2D eigenvalue weighted by atomic mass is 32.2. The molecule has 0 bridgehead atoms. The third kappa shape index (κ3) is 3.57. The standard InChI is InChI=1S/C19H22N2OS3/c1-22-13-8-6-12(7-9-13)16-14-4-2-5-15(17(14)21-19(23)20-16)18-24-10-3-11-25-18/h6-9,16H,2-5,10-11H2,1H3,(H2,20,21,23). The molecule has 3 nitrogen and oxygen atoms in total. The average molecular weight is 391 g/mol. The van der Waals surface area contributed by atoms with E-state index in [2.05, 4.69) is 22.8 Å². The first-order valence-electron chi connectivity index (χ1n) is 8.70. The zero-order valence-corrected chi connectivity index (χ0v) is 16.7. The molecule has 0 amide bonds. The number of thioether (sulfide) groups is 2. The Labute approximate surface area is 163 Å². The van der Waals surface area contributed by atoms with Gasteiger partial charge in [0, 0.05) is 9.93 Å². The van der Waals surface area contributed by atoms with Gasteiger partial charge in [-0.25, -0.2) is 0 Å². The first-order chi connectivity index (χ1) is 12.3. The quantitative estimate of drug-likeness (QED) is 0.710. The van der Waals surface area contributed by atoms with Gasteiger partial charge in [-0.3, -0.25) is 0 Å². The van der Waals surface area contributed by atoms with E-state index in [4.69, 9.17) is 17.0 Å². The number of hydrogen-bond acceptors (Lipinski definition) is 4. The van der Waals surface area contributed by atoms with E-state index in [9.17, 15) is 0 Å². The van der Waals surface area contributed by atoms with E-state index in [1.807, 2.05) is 35.7 Å². The van der Waals surface area contributed by atoms with Gasteiger partial charge in [-0.15, -0.1) is 23.5 Å². The van der Waals surface area contributed by atoms with Crippen molar-refractivity contribution in [2.75, 3.05) is 18.6 Å². The molecule has 0 radical (unpaired) electrons. The minimum Gasteiger partial charge on any atom is -0.497 e. The van der Waals surface area contributed by atoms with Crippen molar-refractivity contribution in [1.29, 1.82) is 0 Å². The lowest BCUT2D eigenvalue weighted by Crippen LogP contribution is -2.45. The predicted octanol–water partition coefficient (Wildman–Crippen LogP) is 4.73. The van der Waals surface area contributed by atoms with Gasteiger partial charge < -0.3 is 15.4 Å². The molecule has 1 aromatic carbocycles. The zero-order valence-electron chi connectivity index (χ0n) is 14.3. The van der Waals surface area contributed by atoms with Crippen molar-refractivity contribution >= 4 is 40.9 Å². The second-order valence-corrected chi connectivity index (χ2v) is 9.25. The third-order valence-corrected chi connectivity index (χ3v) is 7.74. The van der Waals surface area contributed by atoms with Crippen LogP contribution in [0.15, 0.2) is 45.3 Å². The Hall–Kier alpha value is -1.11. The van der Waals surface area contributed by atoms with E-state index < -0.39 is 0 Å². The maximum absolute atomic E-state index is 5.54. The summed E-state index contributed by atoms with van der Waals surface area (Å²) in [5.74, 6) is 3.36. The van der Waals surface area contributed by atoms with Crippen molar-refractivity contribution in [1.82, 2.24) is 10.6 Å². The van der Waals surface area contributed by atoms with Crippen molar-refractivity contribution in [3.05, 3.63) is 50.9 Å². The summed E-state index contributed by atoms with van der Waals surface area (Å²) in [6.07, 6.45) is 4.78. The molecule has 1 fully saturated rings. The molecule has 132 valence electrons. The number of hydrogen-bond donors (Lipinski definition) is 2. The van der Waals surface area contributed by atoms with Crippen LogP contribution in [0.1, 0.15) is 37.3 Å². The van der Waals surface area contributed by atoms with Gasteiger partial charge in [-0.1, -0.05) is 12.1 Å². The summed E-state index contributed by atoms with van der Waals surface area (Å²) in [4.78, 5) is 0. The Kier molecular flexibility index (Phi) is 5.29. The van der Waals surface area contributed by atoms with Gasteiger partial charge in [0.05, 0.1) is 13.2 Å². The van der Waals surface area contributed by atoms with Crippen LogP contribution in [0.5, 0.6) is 5.75 Å². The maximum atomic E-state index is 5.54. The highest BCUT2D eigenvalue weighted by Crippen LogP contribution is 2.45. The second-order valence-electron chi connectivity index (χ2n) is 6.37. The van der Waals surface area contributed by atoms with Crippen LogP contribution in [-0.4, -0.2) is 23.7 Å². The number of rotatable bonds is 2. The van der Waals surface area contributed by atoms with E-state index >= 15 is 0 Å².